The maximum Gasteiger partial charge on any atom is 0.0805 e. The van der Waals surface area contributed by atoms with Gasteiger partial charge in [0, 0.05) is 0 Å². The average Bonchev–Trinajstić information content (AvgIpc) is 2.01. The van der Waals surface area contributed by atoms with E-state index in [2.05, 4.69) is 34.6 Å². The van der Waals surface area contributed by atoms with Crippen molar-refractivity contribution in [1.82, 2.24) is 0 Å². The standard InChI is InChI=1S/C12H22O/c1-8(2)10-7-6-9(3)12(4,5)11(10)13/h9,11,13H,6-7H2,1-5H3. The highest BCUT2D eigenvalue weighted by Crippen LogP contribution is 2.43. The Morgan fingerprint density at radius 2 is 1.92 bits per heavy atom. The van der Waals surface area contributed by atoms with Gasteiger partial charge in [-0.3, -0.25) is 0 Å². The maximum atomic E-state index is 10.2. The first-order valence-corrected chi connectivity index (χ1v) is 5.21. The molecule has 76 valence electrons. The number of allylic oxidation sites excluding steroid dienone is 1. The predicted octanol–water partition coefficient (Wildman–Crippen LogP) is 3.14. The van der Waals surface area contributed by atoms with E-state index in [1.54, 1.807) is 0 Å². The Morgan fingerprint density at radius 1 is 1.38 bits per heavy atom. The molecule has 1 N–H and O–H groups in total. The molecule has 1 aliphatic rings. The maximum absolute atomic E-state index is 10.2. The molecule has 2 unspecified atom stereocenters. The smallest absolute Gasteiger partial charge is 0.0805 e. The van der Waals surface area contributed by atoms with Crippen LogP contribution in [0.3, 0.4) is 0 Å². The normalized spacial score (nSPS) is 33.2. The molecular weight excluding hydrogens is 160 g/mol. The minimum absolute atomic E-state index is 0.0465. The minimum Gasteiger partial charge on any atom is -0.388 e. The summed E-state index contributed by atoms with van der Waals surface area (Å²) in [7, 11) is 0. The van der Waals surface area contributed by atoms with Gasteiger partial charge in [0.15, 0.2) is 0 Å². The zero-order chi connectivity index (χ0) is 10.2. The molecule has 0 aromatic carbocycles. The highest BCUT2D eigenvalue weighted by Gasteiger charge is 2.39. The van der Waals surface area contributed by atoms with Crippen LogP contribution in [-0.4, -0.2) is 11.2 Å². The van der Waals surface area contributed by atoms with E-state index in [9.17, 15) is 5.11 Å². The number of hydrogen-bond acceptors (Lipinski definition) is 1. The zero-order valence-corrected chi connectivity index (χ0v) is 9.52. The second kappa shape index (κ2) is 3.45. The summed E-state index contributed by atoms with van der Waals surface area (Å²) in [5, 5.41) is 10.2. The van der Waals surface area contributed by atoms with Gasteiger partial charge in [-0.15, -0.1) is 0 Å². The fourth-order valence-corrected chi connectivity index (χ4v) is 2.12. The fourth-order valence-electron chi connectivity index (χ4n) is 2.12. The van der Waals surface area contributed by atoms with Gasteiger partial charge < -0.3 is 5.11 Å². The van der Waals surface area contributed by atoms with Gasteiger partial charge in [0.25, 0.3) is 0 Å². The fraction of sp³-hybridized carbons (Fsp3) is 0.833. The summed E-state index contributed by atoms with van der Waals surface area (Å²) >= 11 is 0. The summed E-state index contributed by atoms with van der Waals surface area (Å²) in [6, 6.07) is 0. The molecule has 2 atom stereocenters. The van der Waals surface area contributed by atoms with Gasteiger partial charge in [0.05, 0.1) is 6.10 Å². The van der Waals surface area contributed by atoms with Crippen molar-refractivity contribution in [2.75, 3.05) is 0 Å². The van der Waals surface area contributed by atoms with E-state index in [1.165, 1.54) is 17.6 Å². The van der Waals surface area contributed by atoms with Crippen LogP contribution >= 0.6 is 0 Å². The lowest BCUT2D eigenvalue weighted by molar-refractivity contribution is 0.0131. The largest absolute Gasteiger partial charge is 0.388 e. The van der Waals surface area contributed by atoms with Gasteiger partial charge in [-0.25, -0.2) is 0 Å². The Morgan fingerprint density at radius 3 is 2.38 bits per heavy atom. The Balaban J connectivity index is 2.96. The molecule has 0 amide bonds. The monoisotopic (exact) mass is 182 g/mol. The highest BCUT2D eigenvalue weighted by molar-refractivity contribution is 5.20. The van der Waals surface area contributed by atoms with Crippen molar-refractivity contribution in [2.24, 2.45) is 11.3 Å². The molecule has 0 bridgehead atoms. The first-order chi connectivity index (χ1) is 5.87. The molecule has 13 heavy (non-hydrogen) atoms. The van der Waals surface area contributed by atoms with Crippen LogP contribution in [0.1, 0.15) is 47.5 Å². The predicted molar refractivity (Wildman–Crippen MR) is 56.6 cm³/mol. The van der Waals surface area contributed by atoms with E-state index in [0.717, 1.165) is 6.42 Å². The minimum atomic E-state index is -0.235. The van der Waals surface area contributed by atoms with Gasteiger partial charge >= 0.3 is 0 Å². The summed E-state index contributed by atoms with van der Waals surface area (Å²) in [6.07, 6.45) is 2.06. The third kappa shape index (κ3) is 1.80. The zero-order valence-electron chi connectivity index (χ0n) is 9.52. The molecule has 1 aliphatic carbocycles. The van der Waals surface area contributed by atoms with Crippen LogP contribution in [0.4, 0.5) is 0 Å². The average molecular weight is 182 g/mol. The SMILES string of the molecule is CC(C)=C1CCC(C)C(C)(C)C1O. The molecule has 0 aliphatic heterocycles. The molecule has 1 rings (SSSR count). The molecule has 1 heteroatoms. The lowest BCUT2D eigenvalue weighted by Gasteiger charge is -2.43. The Hall–Kier alpha value is -0.300. The van der Waals surface area contributed by atoms with E-state index >= 15 is 0 Å². The third-order valence-electron chi connectivity index (χ3n) is 3.79. The van der Waals surface area contributed by atoms with Gasteiger partial charge in [-0.2, -0.15) is 0 Å². The summed E-state index contributed by atoms with van der Waals surface area (Å²) in [4.78, 5) is 0. The van der Waals surface area contributed by atoms with Gasteiger partial charge in [0.2, 0.25) is 0 Å². The van der Waals surface area contributed by atoms with Crippen LogP contribution in [0.25, 0.3) is 0 Å². The number of rotatable bonds is 0. The van der Waals surface area contributed by atoms with Crippen molar-refractivity contribution in [3.63, 3.8) is 0 Å². The molecule has 0 spiro atoms. The third-order valence-corrected chi connectivity index (χ3v) is 3.79. The first kappa shape index (κ1) is 10.8. The molecule has 0 heterocycles. The van der Waals surface area contributed by atoms with Crippen molar-refractivity contribution >= 4 is 0 Å². The van der Waals surface area contributed by atoms with E-state index in [-0.39, 0.29) is 11.5 Å². The van der Waals surface area contributed by atoms with E-state index in [4.69, 9.17) is 0 Å². The van der Waals surface area contributed by atoms with Crippen LogP contribution < -0.4 is 0 Å². The Bertz CT molecular complexity index is 221. The van der Waals surface area contributed by atoms with Crippen molar-refractivity contribution < 1.29 is 5.11 Å². The second-order valence-electron chi connectivity index (χ2n) is 5.19. The summed E-state index contributed by atoms with van der Waals surface area (Å²) in [5.41, 5.74) is 2.61. The molecular formula is C12H22O. The van der Waals surface area contributed by atoms with Crippen LogP contribution in [0.2, 0.25) is 0 Å². The second-order valence-corrected chi connectivity index (χ2v) is 5.19. The van der Waals surface area contributed by atoms with Crippen LogP contribution in [-0.2, 0) is 0 Å². The molecule has 0 aromatic heterocycles. The Labute approximate surface area is 81.9 Å². The highest BCUT2D eigenvalue weighted by atomic mass is 16.3. The Kier molecular flexibility index (Phi) is 2.86. The lowest BCUT2D eigenvalue weighted by atomic mass is 9.65. The summed E-state index contributed by atoms with van der Waals surface area (Å²) in [5.74, 6) is 0.616. The van der Waals surface area contributed by atoms with E-state index < -0.39 is 0 Å². The summed E-state index contributed by atoms with van der Waals surface area (Å²) in [6.45, 7) is 10.8. The van der Waals surface area contributed by atoms with Crippen LogP contribution in [0.15, 0.2) is 11.1 Å². The molecule has 0 radical (unpaired) electrons. The topological polar surface area (TPSA) is 20.2 Å². The van der Waals surface area contributed by atoms with Crippen molar-refractivity contribution in [1.29, 1.82) is 0 Å². The molecule has 0 saturated heterocycles. The van der Waals surface area contributed by atoms with E-state index in [0.29, 0.717) is 5.92 Å². The van der Waals surface area contributed by atoms with Crippen LogP contribution in [0, 0.1) is 11.3 Å². The van der Waals surface area contributed by atoms with Crippen LogP contribution in [0.5, 0.6) is 0 Å². The lowest BCUT2D eigenvalue weighted by Crippen LogP contribution is -2.40. The number of aliphatic hydroxyl groups is 1. The molecule has 1 saturated carbocycles. The van der Waals surface area contributed by atoms with Crippen molar-refractivity contribution in [3.8, 4) is 0 Å². The van der Waals surface area contributed by atoms with Gasteiger partial charge in [0.1, 0.15) is 0 Å². The molecule has 0 aromatic rings. The quantitative estimate of drug-likeness (QED) is 0.571. The van der Waals surface area contributed by atoms with Gasteiger partial charge in [-0.05, 0) is 43.6 Å². The van der Waals surface area contributed by atoms with Crippen molar-refractivity contribution in [2.45, 2.75) is 53.6 Å². The molecule has 1 nitrogen and oxygen atoms in total. The van der Waals surface area contributed by atoms with Gasteiger partial charge in [-0.1, -0.05) is 26.3 Å². The van der Waals surface area contributed by atoms with Crippen molar-refractivity contribution in [3.05, 3.63) is 11.1 Å². The molecule has 1 fully saturated rings. The number of hydrogen-bond donors (Lipinski definition) is 1. The number of aliphatic hydroxyl groups excluding tert-OH is 1. The first-order valence-electron chi connectivity index (χ1n) is 5.21. The van der Waals surface area contributed by atoms with E-state index in [1.807, 2.05) is 0 Å². The summed E-state index contributed by atoms with van der Waals surface area (Å²) < 4.78 is 0.